The van der Waals surface area contributed by atoms with Gasteiger partial charge in [0.25, 0.3) is 0 Å². The van der Waals surface area contributed by atoms with Crippen molar-refractivity contribution in [3.8, 4) is 5.75 Å². The summed E-state index contributed by atoms with van der Waals surface area (Å²) in [7, 11) is 0. The van der Waals surface area contributed by atoms with E-state index in [2.05, 4.69) is 46.5 Å². The van der Waals surface area contributed by atoms with Gasteiger partial charge in [0.15, 0.2) is 0 Å². The number of aliphatic imine (C=N–C) groups is 1. The summed E-state index contributed by atoms with van der Waals surface area (Å²) in [6, 6.07) is 5.48. The van der Waals surface area contributed by atoms with Gasteiger partial charge < -0.3 is 5.11 Å². The second kappa shape index (κ2) is 9.78. The fourth-order valence-corrected chi connectivity index (χ4v) is 3.35. The fourth-order valence-electron chi connectivity index (χ4n) is 3.24. The highest BCUT2D eigenvalue weighted by molar-refractivity contribution is 6.32. The SMILES string of the molecule is CC/C(C)=C(C(/C)=C(/C)N=C(C)C)\C(C)=C(/CC)c1ccc(Cl)c(O)c1. The summed E-state index contributed by atoms with van der Waals surface area (Å²) in [6.45, 7) is 16.9. The van der Waals surface area contributed by atoms with E-state index in [9.17, 15) is 5.11 Å². The number of phenols is 1. The molecule has 1 aromatic rings. The van der Waals surface area contributed by atoms with E-state index < -0.39 is 0 Å². The molecule has 0 radical (unpaired) electrons. The maximum Gasteiger partial charge on any atom is 0.134 e. The average Bonchev–Trinajstić information content (AvgIpc) is 2.57. The Morgan fingerprint density at radius 3 is 2.04 bits per heavy atom. The second-order valence-electron chi connectivity index (χ2n) is 6.90. The third-order valence-electron chi connectivity index (χ3n) is 4.74. The first-order valence-corrected chi connectivity index (χ1v) is 9.60. The Bertz CT molecular complexity index is 790. The highest BCUT2D eigenvalue weighted by Gasteiger charge is 2.15. The number of rotatable bonds is 6. The molecule has 0 aliphatic carbocycles. The standard InChI is InChI=1S/C23H32ClNO/c1-9-15(5)23(16(6)18(8)25-14(3)4)17(7)20(10-2)19-11-12-21(24)22(26)13-19/h11-13,26H,9-10H2,1-8H3/b18-16-,20-17+,23-15-. The van der Waals surface area contributed by atoms with Crippen LogP contribution in [0.4, 0.5) is 0 Å². The monoisotopic (exact) mass is 373 g/mol. The van der Waals surface area contributed by atoms with Crippen molar-refractivity contribution in [1.82, 2.24) is 0 Å². The quantitative estimate of drug-likeness (QED) is 0.401. The van der Waals surface area contributed by atoms with Gasteiger partial charge in [-0.3, -0.25) is 4.99 Å². The third-order valence-corrected chi connectivity index (χ3v) is 5.06. The molecule has 0 saturated heterocycles. The van der Waals surface area contributed by atoms with Crippen molar-refractivity contribution >= 4 is 22.9 Å². The molecule has 0 saturated carbocycles. The molecule has 0 aliphatic heterocycles. The molecule has 0 amide bonds. The van der Waals surface area contributed by atoms with E-state index in [0.29, 0.717) is 5.02 Å². The highest BCUT2D eigenvalue weighted by Crippen LogP contribution is 2.36. The van der Waals surface area contributed by atoms with E-state index in [0.717, 1.165) is 29.8 Å². The van der Waals surface area contributed by atoms with Crippen LogP contribution in [-0.4, -0.2) is 10.8 Å². The van der Waals surface area contributed by atoms with E-state index in [4.69, 9.17) is 11.6 Å². The highest BCUT2D eigenvalue weighted by atomic mass is 35.5. The smallest absolute Gasteiger partial charge is 0.134 e. The second-order valence-corrected chi connectivity index (χ2v) is 7.31. The Balaban J connectivity index is 3.71. The Labute approximate surface area is 164 Å². The summed E-state index contributed by atoms with van der Waals surface area (Å²) in [5.74, 6) is 0.121. The molecule has 1 N–H and O–H groups in total. The van der Waals surface area contributed by atoms with Crippen LogP contribution in [0.1, 0.15) is 73.8 Å². The Kier molecular flexibility index (Phi) is 8.36. The summed E-state index contributed by atoms with van der Waals surface area (Å²) in [5, 5.41) is 10.4. The normalized spacial score (nSPS) is 14.3. The third kappa shape index (κ3) is 5.35. The lowest BCUT2D eigenvalue weighted by atomic mass is 9.86. The van der Waals surface area contributed by atoms with Crippen LogP contribution in [0.15, 0.2) is 51.2 Å². The predicted molar refractivity (Wildman–Crippen MR) is 116 cm³/mol. The van der Waals surface area contributed by atoms with Crippen LogP contribution in [-0.2, 0) is 0 Å². The predicted octanol–water partition coefficient (Wildman–Crippen LogP) is 7.73. The first-order chi connectivity index (χ1) is 12.1. The minimum atomic E-state index is 0.121. The van der Waals surface area contributed by atoms with Crippen molar-refractivity contribution in [1.29, 1.82) is 0 Å². The van der Waals surface area contributed by atoms with E-state index in [1.165, 1.54) is 27.9 Å². The molecule has 1 rings (SSSR count). The summed E-state index contributed by atoms with van der Waals surface area (Å²) >= 11 is 5.99. The minimum Gasteiger partial charge on any atom is -0.506 e. The molecule has 0 heterocycles. The van der Waals surface area contributed by atoms with Crippen molar-refractivity contribution in [2.75, 3.05) is 0 Å². The van der Waals surface area contributed by atoms with Gasteiger partial charge in [0.05, 0.1) is 5.02 Å². The number of benzene rings is 1. The minimum absolute atomic E-state index is 0.121. The van der Waals surface area contributed by atoms with Crippen LogP contribution in [0.2, 0.25) is 5.02 Å². The van der Waals surface area contributed by atoms with Crippen molar-refractivity contribution < 1.29 is 5.11 Å². The van der Waals surface area contributed by atoms with Crippen LogP contribution in [0.3, 0.4) is 0 Å². The number of aromatic hydroxyl groups is 1. The van der Waals surface area contributed by atoms with Crippen LogP contribution < -0.4 is 0 Å². The average molecular weight is 374 g/mol. The van der Waals surface area contributed by atoms with Crippen molar-refractivity contribution in [3.05, 3.63) is 56.8 Å². The maximum absolute atomic E-state index is 10.0. The molecule has 142 valence electrons. The van der Waals surface area contributed by atoms with Gasteiger partial charge in [0.1, 0.15) is 5.75 Å². The maximum atomic E-state index is 10.0. The van der Waals surface area contributed by atoms with E-state index in [-0.39, 0.29) is 5.75 Å². The van der Waals surface area contributed by atoms with Gasteiger partial charge in [-0.1, -0.05) is 37.1 Å². The molecule has 26 heavy (non-hydrogen) atoms. The first-order valence-electron chi connectivity index (χ1n) is 9.22. The number of phenolic OH excluding ortho intramolecular Hbond substituents is 1. The zero-order chi connectivity index (χ0) is 20.0. The number of allylic oxidation sites excluding steroid dienone is 6. The molecule has 3 heteroatoms. The number of hydrogen-bond acceptors (Lipinski definition) is 2. The molecule has 0 aromatic heterocycles. The van der Waals surface area contributed by atoms with Gasteiger partial charge in [-0.2, -0.15) is 0 Å². The van der Waals surface area contributed by atoms with E-state index in [1.54, 1.807) is 12.1 Å². The van der Waals surface area contributed by atoms with Gasteiger partial charge in [0, 0.05) is 11.4 Å². The lowest BCUT2D eigenvalue weighted by Gasteiger charge is -2.19. The number of nitrogens with zero attached hydrogens (tertiary/aromatic N) is 1. The summed E-state index contributed by atoms with van der Waals surface area (Å²) in [4.78, 5) is 4.66. The molecule has 2 nitrogen and oxygen atoms in total. The lowest BCUT2D eigenvalue weighted by Crippen LogP contribution is -2.00. The van der Waals surface area contributed by atoms with Gasteiger partial charge >= 0.3 is 0 Å². The number of halogens is 1. The molecular formula is C23H32ClNO. The van der Waals surface area contributed by atoms with Crippen LogP contribution in [0.5, 0.6) is 5.75 Å². The summed E-state index contributed by atoms with van der Waals surface area (Å²) in [6.07, 6.45) is 1.85. The Hall–Kier alpha value is -1.80. The molecule has 0 unspecified atom stereocenters. The van der Waals surface area contributed by atoms with Crippen LogP contribution in [0.25, 0.3) is 5.57 Å². The van der Waals surface area contributed by atoms with Crippen molar-refractivity contribution in [2.45, 2.75) is 68.2 Å². The van der Waals surface area contributed by atoms with Crippen LogP contribution in [0, 0.1) is 0 Å². The zero-order valence-electron chi connectivity index (χ0n) is 17.4. The largest absolute Gasteiger partial charge is 0.506 e. The van der Waals surface area contributed by atoms with Gasteiger partial charge in [-0.05, 0) is 94.4 Å². The Morgan fingerprint density at radius 1 is 0.962 bits per heavy atom. The van der Waals surface area contributed by atoms with E-state index in [1.807, 2.05) is 19.9 Å². The van der Waals surface area contributed by atoms with Crippen molar-refractivity contribution in [2.24, 2.45) is 4.99 Å². The Morgan fingerprint density at radius 2 is 1.58 bits per heavy atom. The van der Waals surface area contributed by atoms with E-state index >= 15 is 0 Å². The summed E-state index contributed by atoms with van der Waals surface area (Å²) in [5.41, 5.74) is 9.35. The number of hydrogen-bond donors (Lipinski definition) is 1. The topological polar surface area (TPSA) is 32.6 Å². The van der Waals surface area contributed by atoms with Crippen LogP contribution >= 0.6 is 11.6 Å². The zero-order valence-corrected chi connectivity index (χ0v) is 18.2. The van der Waals surface area contributed by atoms with Gasteiger partial charge in [-0.25, -0.2) is 0 Å². The molecule has 0 aliphatic rings. The van der Waals surface area contributed by atoms with Gasteiger partial charge in [0.2, 0.25) is 0 Å². The summed E-state index contributed by atoms with van der Waals surface area (Å²) < 4.78 is 0. The molecule has 1 aromatic carbocycles. The molecule has 0 fully saturated rings. The van der Waals surface area contributed by atoms with Gasteiger partial charge in [-0.15, -0.1) is 0 Å². The molecule has 0 atom stereocenters. The van der Waals surface area contributed by atoms with Crippen molar-refractivity contribution in [3.63, 3.8) is 0 Å². The molecular weight excluding hydrogens is 342 g/mol. The molecule has 0 spiro atoms. The fraction of sp³-hybridized carbons (Fsp3) is 0.435. The first kappa shape index (κ1) is 22.2. The molecule has 0 bridgehead atoms. The lowest BCUT2D eigenvalue weighted by molar-refractivity contribution is 0.475.